The van der Waals surface area contributed by atoms with Crippen molar-refractivity contribution in [3.63, 3.8) is 0 Å². The lowest BCUT2D eigenvalue weighted by Crippen LogP contribution is -2.52. The Bertz CT molecular complexity index is 664. The molecule has 1 atom stereocenters. The molecular weight excluding hydrogens is 278 g/mol. The summed E-state index contributed by atoms with van der Waals surface area (Å²) in [6.45, 7) is 1.09. The summed E-state index contributed by atoms with van der Waals surface area (Å²) in [5.74, 6) is -0.318. The molecular formula is C17H19N3O2. The molecule has 0 radical (unpaired) electrons. The number of rotatable bonds is 5. The van der Waals surface area contributed by atoms with Crippen molar-refractivity contribution in [1.82, 2.24) is 15.2 Å². The molecule has 114 valence electrons. The second kappa shape index (κ2) is 6.47. The molecule has 0 saturated carbocycles. The van der Waals surface area contributed by atoms with Crippen molar-refractivity contribution in [2.24, 2.45) is 0 Å². The number of hydrogen-bond donors (Lipinski definition) is 2. The largest absolute Gasteiger partial charge is 0.354 e. The van der Waals surface area contributed by atoms with E-state index in [2.05, 4.69) is 22.8 Å². The predicted molar refractivity (Wildman–Crippen MR) is 83.5 cm³/mol. The van der Waals surface area contributed by atoms with Crippen LogP contribution in [0, 0.1) is 0 Å². The van der Waals surface area contributed by atoms with Crippen LogP contribution < -0.4 is 10.6 Å². The molecule has 1 aromatic heterocycles. The van der Waals surface area contributed by atoms with Gasteiger partial charge in [-0.3, -0.25) is 9.59 Å². The lowest BCUT2D eigenvalue weighted by molar-refractivity contribution is -0.123. The molecule has 0 saturated heterocycles. The monoisotopic (exact) mass is 297 g/mol. The normalized spacial score (nSPS) is 16.7. The molecule has 2 heterocycles. The molecule has 2 amide bonds. The van der Waals surface area contributed by atoms with E-state index in [1.807, 2.05) is 35.0 Å². The Morgan fingerprint density at radius 2 is 2.05 bits per heavy atom. The van der Waals surface area contributed by atoms with Crippen LogP contribution in [0.15, 0.2) is 48.7 Å². The third-order valence-corrected chi connectivity index (χ3v) is 3.85. The van der Waals surface area contributed by atoms with Crippen molar-refractivity contribution in [3.8, 4) is 0 Å². The van der Waals surface area contributed by atoms with Crippen LogP contribution in [0.5, 0.6) is 0 Å². The van der Waals surface area contributed by atoms with Crippen molar-refractivity contribution < 1.29 is 9.59 Å². The Labute approximate surface area is 129 Å². The highest BCUT2D eigenvalue weighted by molar-refractivity contribution is 5.97. The van der Waals surface area contributed by atoms with Gasteiger partial charge in [0.05, 0.1) is 6.54 Å². The third-order valence-electron chi connectivity index (χ3n) is 3.85. The minimum atomic E-state index is -0.496. The second-order valence-electron chi connectivity index (χ2n) is 5.45. The van der Waals surface area contributed by atoms with Crippen LogP contribution in [0.2, 0.25) is 0 Å². The maximum absolute atomic E-state index is 12.1. The number of aryl methyl sites for hydroxylation is 1. The van der Waals surface area contributed by atoms with Gasteiger partial charge in [0.15, 0.2) is 0 Å². The maximum Gasteiger partial charge on any atom is 0.268 e. The zero-order chi connectivity index (χ0) is 15.4. The number of hydrogen-bond acceptors (Lipinski definition) is 2. The van der Waals surface area contributed by atoms with Crippen molar-refractivity contribution in [2.45, 2.75) is 25.4 Å². The molecule has 2 aromatic rings. The van der Waals surface area contributed by atoms with E-state index in [0.717, 1.165) is 12.8 Å². The van der Waals surface area contributed by atoms with Gasteiger partial charge >= 0.3 is 0 Å². The maximum atomic E-state index is 12.1. The van der Waals surface area contributed by atoms with Gasteiger partial charge in [0, 0.05) is 12.7 Å². The number of nitrogens with one attached hydrogen (secondary N) is 2. The van der Waals surface area contributed by atoms with Crippen LogP contribution in [-0.4, -0.2) is 29.0 Å². The Morgan fingerprint density at radius 1 is 1.23 bits per heavy atom. The summed E-state index contributed by atoms with van der Waals surface area (Å²) < 4.78 is 1.81. The third kappa shape index (κ3) is 3.19. The molecule has 1 aliphatic heterocycles. The van der Waals surface area contributed by atoms with Gasteiger partial charge in [-0.05, 0) is 30.5 Å². The zero-order valence-electron chi connectivity index (χ0n) is 12.3. The summed E-state index contributed by atoms with van der Waals surface area (Å²) in [6.07, 6.45) is 3.63. The fourth-order valence-electron chi connectivity index (χ4n) is 2.67. The van der Waals surface area contributed by atoms with Crippen molar-refractivity contribution in [1.29, 1.82) is 0 Å². The van der Waals surface area contributed by atoms with Crippen molar-refractivity contribution >= 4 is 11.8 Å². The van der Waals surface area contributed by atoms with Gasteiger partial charge in [-0.1, -0.05) is 30.3 Å². The number of carbonyl (C=O) groups excluding carboxylic acids is 2. The van der Waals surface area contributed by atoms with Crippen LogP contribution >= 0.6 is 0 Å². The molecule has 22 heavy (non-hydrogen) atoms. The lowest BCUT2D eigenvalue weighted by atomic mass is 10.1. The summed E-state index contributed by atoms with van der Waals surface area (Å²) >= 11 is 0. The first kappa shape index (κ1) is 14.4. The van der Waals surface area contributed by atoms with Crippen molar-refractivity contribution in [2.75, 3.05) is 6.54 Å². The quantitative estimate of drug-likeness (QED) is 0.818. The van der Waals surface area contributed by atoms with E-state index in [1.165, 1.54) is 5.56 Å². The Hall–Kier alpha value is -2.56. The van der Waals surface area contributed by atoms with Gasteiger partial charge < -0.3 is 15.2 Å². The van der Waals surface area contributed by atoms with Crippen LogP contribution in [0.3, 0.4) is 0 Å². The van der Waals surface area contributed by atoms with Crippen LogP contribution in [-0.2, 0) is 17.8 Å². The molecule has 5 heteroatoms. The molecule has 0 spiro atoms. The summed E-state index contributed by atoms with van der Waals surface area (Å²) in [6, 6.07) is 13.3. The second-order valence-corrected chi connectivity index (χ2v) is 5.45. The molecule has 5 nitrogen and oxygen atoms in total. The number of nitrogens with zero attached hydrogens (tertiary/aromatic N) is 1. The first-order valence-electron chi connectivity index (χ1n) is 7.52. The molecule has 2 N–H and O–H groups in total. The summed E-state index contributed by atoms with van der Waals surface area (Å²) in [5.41, 5.74) is 1.87. The number of amides is 2. The fraction of sp³-hybridized carbons (Fsp3) is 0.294. The minimum absolute atomic E-state index is 0.124. The first-order chi connectivity index (χ1) is 10.7. The SMILES string of the molecule is O=C1NC(C(=O)NCCCc2ccccc2)Cn2cccc21. The lowest BCUT2D eigenvalue weighted by Gasteiger charge is -2.24. The van der Waals surface area contributed by atoms with Crippen LogP contribution in [0.4, 0.5) is 0 Å². The van der Waals surface area contributed by atoms with E-state index in [1.54, 1.807) is 6.07 Å². The van der Waals surface area contributed by atoms with Gasteiger partial charge in [0.25, 0.3) is 5.91 Å². The Kier molecular flexibility index (Phi) is 4.23. The Morgan fingerprint density at radius 3 is 2.86 bits per heavy atom. The highest BCUT2D eigenvalue weighted by atomic mass is 16.2. The van der Waals surface area contributed by atoms with Crippen LogP contribution in [0.25, 0.3) is 0 Å². The number of aromatic nitrogens is 1. The minimum Gasteiger partial charge on any atom is -0.354 e. The van der Waals surface area contributed by atoms with Gasteiger partial charge in [-0.25, -0.2) is 0 Å². The summed E-state index contributed by atoms with van der Waals surface area (Å²) in [5, 5.41) is 5.64. The molecule has 0 fully saturated rings. The van der Waals surface area contributed by atoms with E-state index in [-0.39, 0.29) is 11.8 Å². The first-order valence-corrected chi connectivity index (χ1v) is 7.52. The summed E-state index contributed by atoms with van der Waals surface area (Å²) in [4.78, 5) is 24.0. The van der Waals surface area contributed by atoms with Gasteiger partial charge in [-0.15, -0.1) is 0 Å². The molecule has 3 rings (SSSR count). The fourth-order valence-corrected chi connectivity index (χ4v) is 2.67. The van der Waals surface area contributed by atoms with E-state index >= 15 is 0 Å². The smallest absolute Gasteiger partial charge is 0.268 e. The average molecular weight is 297 g/mol. The molecule has 1 aromatic carbocycles. The van der Waals surface area contributed by atoms with E-state index in [0.29, 0.717) is 18.8 Å². The molecule has 1 aliphatic rings. The summed E-state index contributed by atoms with van der Waals surface area (Å²) in [7, 11) is 0. The highest BCUT2D eigenvalue weighted by Gasteiger charge is 2.28. The van der Waals surface area contributed by atoms with E-state index < -0.39 is 6.04 Å². The van der Waals surface area contributed by atoms with Crippen molar-refractivity contribution in [3.05, 3.63) is 59.9 Å². The number of benzene rings is 1. The average Bonchev–Trinajstić information content (AvgIpc) is 3.01. The Balaban J connectivity index is 1.46. The topological polar surface area (TPSA) is 63.1 Å². The molecule has 1 unspecified atom stereocenters. The van der Waals surface area contributed by atoms with Gasteiger partial charge in [0.2, 0.25) is 5.91 Å². The number of fused-ring (bicyclic) bond motifs is 1. The van der Waals surface area contributed by atoms with E-state index in [9.17, 15) is 9.59 Å². The molecule has 0 bridgehead atoms. The standard InChI is InChI=1S/C17H19N3O2/c21-16(18-10-4-8-13-6-2-1-3-7-13)14-12-20-11-5-9-15(20)17(22)19-14/h1-3,5-7,9,11,14H,4,8,10,12H2,(H,18,21)(H,19,22). The van der Waals surface area contributed by atoms with Gasteiger partial charge in [-0.2, -0.15) is 0 Å². The van der Waals surface area contributed by atoms with Gasteiger partial charge in [0.1, 0.15) is 11.7 Å². The van der Waals surface area contributed by atoms with Crippen LogP contribution in [0.1, 0.15) is 22.5 Å². The predicted octanol–water partition coefficient (Wildman–Crippen LogP) is 1.35. The highest BCUT2D eigenvalue weighted by Crippen LogP contribution is 2.10. The number of carbonyl (C=O) groups is 2. The van der Waals surface area contributed by atoms with E-state index in [4.69, 9.17) is 0 Å². The zero-order valence-corrected chi connectivity index (χ0v) is 12.3. The molecule has 0 aliphatic carbocycles.